The third-order valence-corrected chi connectivity index (χ3v) is 2.20. The van der Waals surface area contributed by atoms with Gasteiger partial charge in [0.05, 0.1) is 0 Å². The zero-order valence-corrected chi connectivity index (χ0v) is 8.33. The van der Waals surface area contributed by atoms with Crippen LogP contribution in [0.3, 0.4) is 0 Å². The standard InChI is InChI=1S/C11H15N2/c1-11(2,13-4)9-5-7-10(12-3)8-6-9/h4-8,12H,1-3H3/q+1. The Morgan fingerprint density at radius 2 is 1.77 bits per heavy atom. The highest BCUT2D eigenvalue weighted by atomic mass is 14.8. The summed E-state index contributed by atoms with van der Waals surface area (Å²) < 4.78 is 0. The van der Waals surface area contributed by atoms with E-state index in [0.29, 0.717) is 0 Å². The van der Waals surface area contributed by atoms with Gasteiger partial charge < -0.3 is 5.32 Å². The largest absolute Gasteiger partial charge is 0.388 e. The fraction of sp³-hybridized carbons (Fsp3) is 0.364. The lowest BCUT2D eigenvalue weighted by atomic mass is 9.95. The lowest BCUT2D eigenvalue weighted by Gasteiger charge is -2.07. The lowest BCUT2D eigenvalue weighted by molar-refractivity contribution is 0.666. The predicted molar refractivity (Wildman–Crippen MR) is 57.3 cm³/mol. The highest BCUT2D eigenvalue weighted by molar-refractivity contribution is 5.45. The third-order valence-electron chi connectivity index (χ3n) is 2.20. The molecule has 2 heteroatoms. The first-order valence-electron chi connectivity index (χ1n) is 4.30. The molecular weight excluding hydrogens is 160 g/mol. The molecule has 68 valence electrons. The summed E-state index contributed by atoms with van der Waals surface area (Å²) in [5.41, 5.74) is 1.91. The van der Waals surface area contributed by atoms with Crippen molar-refractivity contribution in [1.82, 2.24) is 0 Å². The monoisotopic (exact) mass is 175 g/mol. The molecule has 13 heavy (non-hydrogen) atoms. The predicted octanol–water partition coefficient (Wildman–Crippen LogP) is 2.93. The van der Waals surface area contributed by atoms with E-state index in [1.165, 1.54) is 0 Å². The summed E-state index contributed by atoms with van der Waals surface area (Å²) in [5, 5.41) is 3.06. The lowest BCUT2D eigenvalue weighted by Crippen LogP contribution is -2.10. The number of benzene rings is 1. The van der Waals surface area contributed by atoms with Crippen molar-refractivity contribution in [2.75, 3.05) is 12.4 Å². The average molecular weight is 175 g/mol. The van der Waals surface area contributed by atoms with Crippen LogP contribution in [0, 0.1) is 6.57 Å². The molecule has 1 aromatic rings. The van der Waals surface area contributed by atoms with Gasteiger partial charge in [0, 0.05) is 32.1 Å². The number of hydrogen-bond acceptors (Lipinski definition) is 1. The van der Waals surface area contributed by atoms with E-state index in [4.69, 9.17) is 6.57 Å². The molecule has 1 N–H and O–H groups in total. The first kappa shape index (κ1) is 9.60. The number of nitrogens with zero attached hydrogens (tertiary/aromatic N) is 1. The van der Waals surface area contributed by atoms with Crippen molar-refractivity contribution < 1.29 is 0 Å². The van der Waals surface area contributed by atoms with Gasteiger partial charge in [-0.25, -0.2) is 0 Å². The Morgan fingerprint density at radius 1 is 1.23 bits per heavy atom. The van der Waals surface area contributed by atoms with E-state index in [2.05, 4.69) is 10.2 Å². The number of anilines is 1. The van der Waals surface area contributed by atoms with Gasteiger partial charge in [-0.2, -0.15) is 0 Å². The van der Waals surface area contributed by atoms with Gasteiger partial charge in [-0.05, 0) is 24.3 Å². The second-order valence-corrected chi connectivity index (χ2v) is 3.52. The van der Waals surface area contributed by atoms with Gasteiger partial charge in [-0.1, -0.05) is 4.85 Å². The van der Waals surface area contributed by atoms with Crippen molar-refractivity contribution in [1.29, 1.82) is 0 Å². The van der Waals surface area contributed by atoms with E-state index in [0.717, 1.165) is 11.3 Å². The molecule has 0 fully saturated rings. The Morgan fingerprint density at radius 3 is 2.15 bits per heavy atom. The highest BCUT2D eigenvalue weighted by Gasteiger charge is 2.29. The molecular formula is C11H15N2+. The number of hydrogen-bond donors (Lipinski definition) is 1. The summed E-state index contributed by atoms with van der Waals surface area (Å²) in [6.07, 6.45) is 0. The van der Waals surface area contributed by atoms with Gasteiger partial charge in [0.15, 0.2) is 0 Å². The van der Waals surface area contributed by atoms with Gasteiger partial charge in [0.25, 0.3) is 12.1 Å². The van der Waals surface area contributed by atoms with E-state index in [1.54, 1.807) is 0 Å². The van der Waals surface area contributed by atoms with Crippen LogP contribution >= 0.6 is 0 Å². The van der Waals surface area contributed by atoms with E-state index < -0.39 is 0 Å². The molecule has 1 aromatic carbocycles. The third kappa shape index (κ3) is 2.00. The van der Waals surface area contributed by atoms with Gasteiger partial charge in [0.1, 0.15) is 0 Å². The minimum atomic E-state index is -0.299. The Labute approximate surface area is 79.4 Å². The van der Waals surface area contributed by atoms with Crippen molar-refractivity contribution in [3.05, 3.63) is 34.7 Å². The SMILES string of the molecule is C#[N+]C(C)(C)c1ccc(NC)cc1. The van der Waals surface area contributed by atoms with Crippen LogP contribution in [0.4, 0.5) is 5.69 Å². The van der Waals surface area contributed by atoms with Crippen LogP contribution in [0.15, 0.2) is 24.3 Å². The topological polar surface area (TPSA) is 16.4 Å². The summed E-state index contributed by atoms with van der Waals surface area (Å²) in [7, 11) is 1.90. The molecule has 0 atom stereocenters. The van der Waals surface area contributed by atoms with Crippen molar-refractivity contribution in [3.8, 4) is 6.57 Å². The minimum Gasteiger partial charge on any atom is -0.388 e. The second-order valence-electron chi connectivity index (χ2n) is 3.52. The van der Waals surface area contributed by atoms with Crippen LogP contribution in [-0.2, 0) is 5.54 Å². The maximum atomic E-state index is 5.32. The maximum absolute atomic E-state index is 5.32. The molecule has 0 aliphatic heterocycles. The summed E-state index contributed by atoms with van der Waals surface area (Å²) >= 11 is 0. The summed E-state index contributed by atoms with van der Waals surface area (Å²) in [4.78, 5) is 3.83. The molecule has 0 aliphatic carbocycles. The molecule has 0 saturated heterocycles. The van der Waals surface area contributed by atoms with Crippen LogP contribution in [0.2, 0.25) is 0 Å². The molecule has 0 unspecified atom stereocenters. The van der Waals surface area contributed by atoms with Crippen molar-refractivity contribution in [2.45, 2.75) is 19.4 Å². The summed E-state index contributed by atoms with van der Waals surface area (Å²) in [6.45, 7) is 9.29. The van der Waals surface area contributed by atoms with E-state index in [9.17, 15) is 0 Å². The molecule has 0 saturated carbocycles. The zero-order chi connectivity index (χ0) is 9.90. The van der Waals surface area contributed by atoms with Crippen LogP contribution in [0.25, 0.3) is 4.85 Å². The van der Waals surface area contributed by atoms with Crippen LogP contribution < -0.4 is 5.32 Å². The Kier molecular flexibility index (Phi) is 2.57. The molecule has 2 nitrogen and oxygen atoms in total. The fourth-order valence-electron chi connectivity index (χ4n) is 1.12. The van der Waals surface area contributed by atoms with Gasteiger partial charge in [-0.15, -0.1) is 0 Å². The molecule has 0 heterocycles. The molecule has 0 amide bonds. The molecule has 0 spiro atoms. The molecule has 0 aromatic heterocycles. The smallest absolute Gasteiger partial charge is 0.300 e. The highest BCUT2D eigenvalue weighted by Crippen LogP contribution is 2.25. The first-order chi connectivity index (χ1) is 6.10. The van der Waals surface area contributed by atoms with Crippen molar-refractivity contribution in [2.24, 2.45) is 0 Å². The van der Waals surface area contributed by atoms with Gasteiger partial charge in [0.2, 0.25) is 0 Å². The Bertz CT molecular complexity index is 317. The van der Waals surface area contributed by atoms with Crippen LogP contribution in [0.5, 0.6) is 0 Å². The van der Waals surface area contributed by atoms with Crippen LogP contribution in [0.1, 0.15) is 19.4 Å². The second kappa shape index (κ2) is 3.49. The van der Waals surface area contributed by atoms with E-state index in [1.807, 2.05) is 45.2 Å². The number of nitrogens with one attached hydrogen (secondary N) is 1. The fourth-order valence-corrected chi connectivity index (χ4v) is 1.12. The quantitative estimate of drug-likeness (QED) is 0.731. The Balaban J connectivity index is 3.00. The summed E-state index contributed by atoms with van der Waals surface area (Å²) in [6, 6.07) is 8.09. The van der Waals surface area contributed by atoms with E-state index in [-0.39, 0.29) is 5.54 Å². The van der Waals surface area contributed by atoms with Crippen molar-refractivity contribution >= 4 is 5.69 Å². The first-order valence-corrected chi connectivity index (χ1v) is 4.30. The average Bonchev–Trinajstić information content (AvgIpc) is 2.18. The zero-order valence-electron chi connectivity index (χ0n) is 8.33. The maximum Gasteiger partial charge on any atom is 0.300 e. The number of rotatable bonds is 2. The van der Waals surface area contributed by atoms with Gasteiger partial charge >= 0.3 is 0 Å². The Hall–Kier alpha value is -1.49. The van der Waals surface area contributed by atoms with Gasteiger partial charge in [-0.3, -0.25) is 0 Å². The van der Waals surface area contributed by atoms with Crippen LogP contribution in [-0.4, -0.2) is 7.05 Å². The normalized spacial score (nSPS) is 10.6. The van der Waals surface area contributed by atoms with E-state index >= 15 is 0 Å². The minimum absolute atomic E-state index is 0.299. The summed E-state index contributed by atoms with van der Waals surface area (Å²) in [5.74, 6) is 0. The molecule has 0 bridgehead atoms. The van der Waals surface area contributed by atoms with Crippen molar-refractivity contribution in [3.63, 3.8) is 0 Å². The molecule has 0 radical (unpaired) electrons. The molecule has 1 rings (SSSR count). The molecule has 0 aliphatic rings.